The molecule has 1 aliphatic heterocycles. The summed E-state index contributed by atoms with van der Waals surface area (Å²) in [4.78, 5) is 18.0. The molecular formula is C20H22F3N3O. The van der Waals surface area contributed by atoms with Gasteiger partial charge in [0.05, 0.1) is 5.56 Å². The minimum atomic E-state index is -4.37. The lowest BCUT2D eigenvalue weighted by atomic mass is 10.1. The van der Waals surface area contributed by atoms with Crippen molar-refractivity contribution in [3.8, 4) is 0 Å². The number of nitrogens with zero attached hydrogens (tertiary/aromatic N) is 2. The van der Waals surface area contributed by atoms with Gasteiger partial charge in [-0.2, -0.15) is 13.2 Å². The molecule has 27 heavy (non-hydrogen) atoms. The number of benzene rings is 1. The number of halogens is 3. The molecule has 1 saturated heterocycles. The van der Waals surface area contributed by atoms with Gasteiger partial charge in [0.2, 0.25) is 5.91 Å². The van der Waals surface area contributed by atoms with Crippen LogP contribution in [0.5, 0.6) is 0 Å². The van der Waals surface area contributed by atoms with Crippen molar-refractivity contribution in [2.75, 3.05) is 6.54 Å². The number of amides is 1. The number of pyridine rings is 1. The molecule has 144 valence electrons. The van der Waals surface area contributed by atoms with E-state index in [0.29, 0.717) is 18.5 Å². The van der Waals surface area contributed by atoms with Crippen LogP contribution in [0.4, 0.5) is 13.2 Å². The Morgan fingerprint density at radius 1 is 1.19 bits per heavy atom. The zero-order valence-electron chi connectivity index (χ0n) is 14.9. The van der Waals surface area contributed by atoms with Gasteiger partial charge in [-0.1, -0.05) is 18.2 Å². The summed E-state index contributed by atoms with van der Waals surface area (Å²) in [5.41, 5.74) is 0.913. The zero-order chi connectivity index (χ0) is 19.3. The molecule has 0 spiro atoms. The van der Waals surface area contributed by atoms with E-state index in [1.807, 2.05) is 12.1 Å². The molecule has 4 nitrogen and oxygen atoms in total. The lowest BCUT2D eigenvalue weighted by Gasteiger charge is -2.25. The number of likely N-dealkylation sites (tertiary alicyclic amines) is 1. The average Bonchev–Trinajstić information content (AvgIpc) is 2.99. The van der Waals surface area contributed by atoms with Crippen molar-refractivity contribution in [3.63, 3.8) is 0 Å². The highest BCUT2D eigenvalue weighted by molar-refractivity contribution is 5.78. The molecule has 0 aliphatic carbocycles. The van der Waals surface area contributed by atoms with Gasteiger partial charge in [0.15, 0.2) is 0 Å². The van der Waals surface area contributed by atoms with E-state index >= 15 is 0 Å². The molecule has 0 radical (unpaired) electrons. The van der Waals surface area contributed by atoms with E-state index in [1.165, 1.54) is 6.07 Å². The molecule has 1 aromatic heterocycles. The third-order valence-electron chi connectivity index (χ3n) is 4.77. The molecule has 0 unspecified atom stereocenters. The highest BCUT2D eigenvalue weighted by atomic mass is 19.4. The van der Waals surface area contributed by atoms with Gasteiger partial charge in [-0.3, -0.25) is 9.78 Å². The van der Waals surface area contributed by atoms with Crippen molar-refractivity contribution in [3.05, 3.63) is 65.5 Å². The van der Waals surface area contributed by atoms with Crippen LogP contribution >= 0.6 is 0 Å². The summed E-state index contributed by atoms with van der Waals surface area (Å²) >= 11 is 0. The minimum absolute atomic E-state index is 0.00433. The monoisotopic (exact) mass is 377 g/mol. The largest absolute Gasteiger partial charge is 0.416 e. The van der Waals surface area contributed by atoms with Crippen LogP contribution in [-0.2, 0) is 24.1 Å². The van der Waals surface area contributed by atoms with Gasteiger partial charge in [0, 0.05) is 37.9 Å². The first kappa shape index (κ1) is 19.4. The number of carbonyl (C=O) groups is 1. The lowest BCUT2D eigenvalue weighted by Crippen LogP contribution is -2.34. The van der Waals surface area contributed by atoms with Crippen molar-refractivity contribution in [2.24, 2.45) is 0 Å². The fourth-order valence-electron chi connectivity index (χ4n) is 3.36. The maximum Gasteiger partial charge on any atom is 0.416 e. The molecule has 1 amide bonds. The van der Waals surface area contributed by atoms with Crippen molar-refractivity contribution in [1.82, 2.24) is 15.2 Å². The number of hydrogen-bond donors (Lipinski definition) is 1. The summed E-state index contributed by atoms with van der Waals surface area (Å²) in [6.07, 6.45) is 1.11. The Morgan fingerprint density at radius 3 is 2.74 bits per heavy atom. The number of rotatable bonds is 7. The first-order valence-corrected chi connectivity index (χ1v) is 8.99. The molecule has 1 fully saturated rings. The Labute approximate surface area is 156 Å². The first-order chi connectivity index (χ1) is 12.9. The Bertz CT molecular complexity index is 765. The predicted octanol–water partition coefficient (Wildman–Crippen LogP) is 3.77. The van der Waals surface area contributed by atoms with E-state index in [-0.39, 0.29) is 18.5 Å². The van der Waals surface area contributed by atoms with E-state index in [2.05, 4.69) is 10.3 Å². The van der Waals surface area contributed by atoms with Gasteiger partial charge in [0.1, 0.15) is 0 Å². The zero-order valence-corrected chi connectivity index (χ0v) is 14.9. The molecule has 1 aliphatic rings. The van der Waals surface area contributed by atoms with Crippen LogP contribution in [0.3, 0.4) is 0 Å². The quantitative estimate of drug-likeness (QED) is 0.747. The van der Waals surface area contributed by atoms with Gasteiger partial charge in [-0.05, 0) is 48.7 Å². The number of hydrogen-bond acceptors (Lipinski definition) is 3. The maximum atomic E-state index is 12.9. The average molecular weight is 377 g/mol. The summed E-state index contributed by atoms with van der Waals surface area (Å²) < 4.78 is 38.7. The number of carbonyl (C=O) groups excluding carboxylic acids is 1. The van der Waals surface area contributed by atoms with E-state index in [1.54, 1.807) is 23.4 Å². The molecule has 2 heterocycles. The van der Waals surface area contributed by atoms with Gasteiger partial charge in [-0.15, -0.1) is 0 Å². The Hall–Kier alpha value is -2.41. The summed E-state index contributed by atoms with van der Waals surface area (Å²) in [7, 11) is 0. The number of alkyl halides is 3. The number of aromatic nitrogens is 1. The molecule has 2 aromatic rings. The topological polar surface area (TPSA) is 45.2 Å². The fraction of sp³-hybridized carbons (Fsp3) is 0.400. The minimum Gasteiger partial charge on any atom is -0.335 e. The van der Waals surface area contributed by atoms with E-state index in [4.69, 9.17) is 0 Å². The lowest BCUT2D eigenvalue weighted by molar-refractivity contribution is -0.137. The third-order valence-corrected chi connectivity index (χ3v) is 4.77. The second-order valence-corrected chi connectivity index (χ2v) is 6.74. The summed E-state index contributed by atoms with van der Waals surface area (Å²) in [6, 6.07) is 9.12. The molecule has 0 bridgehead atoms. The SMILES string of the molecule is O=C1CC[C@H](CCNCc2cccnc2)N1Cc1cccc(C(F)(F)F)c1. The van der Waals surface area contributed by atoms with E-state index in [9.17, 15) is 18.0 Å². The predicted molar refractivity (Wildman–Crippen MR) is 95.6 cm³/mol. The fourth-order valence-corrected chi connectivity index (χ4v) is 3.36. The second-order valence-electron chi connectivity index (χ2n) is 6.74. The van der Waals surface area contributed by atoms with Crippen molar-refractivity contribution in [1.29, 1.82) is 0 Å². The van der Waals surface area contributed by atoms with E-state index in [0.717, 1.165) is 37.1 Å². The van der Waals surface area contributed by atoms with Crippen LogP contribution in [0.25, 0.3) is 0 Å². The standard InChI is InChI=1S/C20H22F3N3O/c21-20(22,23)17-5-1-3-15(11-17)14-26-18(6-7-19(26)27)8-10-25-13-16-4-2-9-24-12-16/h1-5,9,11-12,18,25H,6-8,10,13-14H2/t18-/m1/s1. The second kappa shape index (κ2) is 8.52. The highest BCUT2D eigenvalue weighted by Crippen LogP contribution is 2.30. The summed E-state index contributed by atoms with van der Waals surface area (Å²) in [6.45, 7) is 1.64. The van der Waals surface area contributed by atoms with Gasteiger partial charge < -0.3 is 10.2 Å². The highest BCUT2D eigenvalue weighted by Gasteiger charge is 2.32. The maximum absolute atomic E-state index is 12.9. The molecule has 1 atom stereocenters. The number of nitrogens with one attached hydrogen (secondary N) is 1. The van der Waals surface area contributed by atoms with Crippen LogP contribution in [0, 0.1) is 0 Å². The summed E-state index contributed by atoms with van der Waals surface area (Å²) in [5.74, 6) is 0.00433. The van der Waals surface area contributed by atoms with Crippen molar-refractivity contribution >= 4 is 5.91 Å². The van der Waals surface area contributed by atoms with Crippen LogP contribution in [-0.4, -0.2) is 28.4 Å². The summed E-state index contributed by atoms with van der Waals surface area (Å²) in [5, 5.41) is 3.33. The van der Waals surface area contributed by atoms with Crippen LogP contribution in [0.2, 0.25) is 0 Å². The van der Waals surface area contributed by atoms with E-state index < -0.39 is 11.7 Å². The van der Waals surface area contributed by atoms with Gasteiger partial charge >= 0.3 is 6.18 Å². The van der Waals surface area contributed by atoms with Crippen LogP contribution in [0.15, 0.2) is 48.8 Å². The van der Waals surface area contributed by atoms with Crippen molar-refractivity contribution in [2.45, 2.75) is 44.6 Å². The van der Waals surface area contributed by atoms with Crippen LogP contribution < -0.4 is 5.32 Å². The Kier molecular flexibility index (Phi) is 6.11. The van der Waals surface area contributed by atoms with Crippen LogP contribution in [0.1, 0.15) is 36.0 Å². The molecule has 7 heteroatoms. The molecule has 0 saturated carbocycles. The molecule has 1 aromatic carbocycles. The molecule has 1 N–H and O–H groups in total. The van der Waals surface area contributed by atoms with Gasteiger partial charge in [0.25, 0.3) is 0 Å². The Morgan fingerprint density at radius 2 is 2.00 bits per heavy atom. The smallest absolute Gasteiger partial charge is 0.335 e. The van der Waals surface area contributed by atoms with Gasteiger partial charge in [-0.25, -0.2) is 0 Å². The first-order valence-electron chi connectivity index (χ1n) is 8.99. The molecule has 3 rings (SSSR count). The Balaban J connectivity index is 1.55. The normalized spacial score (nSPS) is 17.5. The third kappa shape index (κ3) is 5.29. The van der Waals surface area contributed by atoms with Crippen molar-refractivity contribution < 1.29 is 18.0 Å². The molecular weight excluding hydrogens is 355 g/mol.